The normalized spacial score (nSPS) is 28.9. The highest BCUT2D eigenvalue weighted by Gasteiger charge is 2.44. The smallest absolute Gasteiger partial charge is 0.145 e. The summed E-state index contributed by atoms with van der Waals surface area (Å²) >= 11 is 0. The van der Waals surface area contributed by atoms with Gasteiger partial charge < -0.3 is 4.43 Å². The van der Waals surface area contributed by atoms with E-state index >= 15 is 0 Å². The summed E-state index contributed by atoms with van der Waals surface area (Å²) in [4.78, 5) is 0. The van der Waals surface area contributed by atoms with E-state index in [9.17, 15) is 0 Å². The first kappa shape index (κ1) is 17.2. The molecule has 0 aromatic carbocycles. The molecule has 2 atom stereocenters. The predicted octanol–water partition coefficient (Wildman–Crippen LogP) is 4.33. The van der Waals surface area contributed by atoms with Crippen LogP contribution in [0, 0.1) is 22.7 Å². The molecule has 0 bridgehead atoms. The average molecular weight is 285 g/mol. The van der Waals surface area contributed by atoms with Gasteiger partial charge in [0.25, 0.3) is 0 Å². The molecule has 2 unspecified atom stereocenters. The fraction of sp³-hybridized carbons (Fsp3) is 1.00. The molecular weight excluding hydrogens is 248 g/mol. The number of hydrogen-bond donors (Lipinski definition) is 0. The predicted molar refractivity (Wildman–Crippen MR) is 88.4 cm³/mol. The van der Waals surface area contributed by atoms with Crippen LogP contribution in [-0.2, 0) is 4.43 Å². The summed E-state index contributed by atoms with van der Waals surface area (Å²) in [5.74, 6) is 1.59. The van der Waals surface area contributed by atoms with Gasteiger partial charge in [0.1, 0.15) is 10.5 Å². The second-order valence-corrected chi connectivity index (χ2v) is 8.48. The van der Waals surface area contributed by atoms with Gasteiger partial charge in [0, 0.05) is 6.61 Å². The Hall–Kier alpha value is 0.177. The minimum absolute atomic E-state index is 0.420. The van der Waals surface area contributed by atoms with Crippen LogP contribution in [-0.4, -0.2) is 17.1 Å². The standard InChI is InChI=1S/C17H36OSi/c1-6-12-16(2,3)15-11-9-7-8-10-14(13-18-19)17(15,4)5/h14-15H,6-13H2,1-5,19H3. The number of hydrogen-bond acceptors (Lipinski definition) is 1. The molecule has 114 valence electrons. The maximum atomic E-state index is 5.67. The Morgan fingerprint density at radius 2 is 1.79 bits per heavy atom. The third-order valence-electron chi connectivity index (χ3n) is 5.70. The Morgan fingerprint density at radius 1 is 1.16 bits per heavy atom. The highest BCUT2D eigenvalue weighted by atomic mass is 28.2. The van der Waals surface area contributed by atoms with Gasteiger partial charge >= 0.3 is 0 Å². The first-order valence-corrected chi connectivity index (χ1v) is 9.16. The van der Waals surface area contributed by atoms with Gasteiger partial charge in [-0.3, -0.25) is 0 Å². The van der Waals surface area contributed by atoms with Crippen molar-refractivity contribution in [1.29, 1.82) is 0 Å². The van der Waals surface area contributed by atoms with Crippen molar-refractivity contribution in [2.24, 2.45) is 22.7 Å². The van der Waals surface area contributed by atoms with E-state index in [1.165, 1.54) is 44.9 Å². The summed E-state index contributed by atoms with van der Waals surface area (Å²) in [5, 5.41) is 0. The minimum atomic E-state index is 0.420. The van der Waals surface area contributed by atoms with Gasteiger partial charge in [-0.2, -0.15) is 0 Å². The van der Waals surface area contributed by atoms with Crippen molar-refractivity contribution in [3.05, 3.63) is 0 Å². The molecule has 0 saturated heterocycles. The Morgan fingerprint density at radius 3 is 2.37 bits per heavy atom. The average Bonchev–Trinajstić information content (AvgIpc) is 2.29. The molecule has 19 heavy (non-hydrogen) atoms. The zero-order chi connectivity index (χ0) is 14.5. The van der Waals surface area contributed by atoms with Crippen LogP contribution in [0.3, 0.4) is 0 Å². The largest absolute Gasteiger partial charge is 0.428 e. The molecule has 0 aromatic heterocycles. The summed E-state index contributed by atoms with van der Waals surface area (Å²) in [6.07, 6.45) is 9.70. The van der Waals surface area contributed by atoms with Crippen LogP contribution in [0.1, 0.15) is 79.6 Å². The molecule has 1 saturated carbocycles. The molecule has 0 spiro atoms. The molecule has 0 amide bonds. The third kappa shape index (κ3) is 4.32. The Bertz CT molecular complexity index is 260. The van der Waals surface area contributed by atoms with E-state index in [4.69, 9.17) is 4.43 Å². The van der Waals surface area contributed by atoms with Crippen molar-refractivity contribution in [3.63, 3.8) is 0 Å². The molecule has 2 heteroatoms. The van der Waals surface area contributed by atoms with E-state index in [0.717, 1.165) is 28.9 Å². The summed E-state index contributed by atoms with van der Waals surface area (Å²) in [5.41, 5.74) is 0.891. The lowest BCUT2D eigenvalue weighted by atomic mass is 9.56. The molecule has 1 rings (SSSR count). The lowest BCUT2D eigenvalue weighted by Gasteiger charge is -2.50. The van der Waals surface area contributed by atoms with E-state index in [-0.39, 0.29) is 0 Å². The molecule has 1 aliphatic carbocycles. The Balaban J connectivity index is 2.95. The van der Waals surface area contributed by atoms with Gasteiger partial charge in [-0.05, 0) is 41.9 Å². The second kappa shape index (κ2) is 7.26. The van der Waals surface area contributed by atoms with Gasteiger partial charge in [-0.15, -0.1) is 0 Å². The Kier molecular flexibility index (Phi) is 6.58. The highest BCUT2D eigenvalue weighted by molar-refractivity contribution is 5.97. The zero-order valence-corrected chi connectivity index (χ0v) is 16.2. The van der Waals surface area contributed by atoms with Crippen molar-refractivity contribution in [2.75, 3.05) is 6.61 Å². The summed E-state index contributed by atoms with van der Waals surface area (Å²) in [6, 6.07) is 0. The minimum Gasteiger partial charge on any atom is -0.428 e. The van der Waals surface area contributed by atoms with Crippen LogP contribution < -0.4 is 0 Å². The summed E-state index contributed by atoms with van der Waals surface area (Å²) in [6.45, 7) is 13.4. The van der Waals surface area contributed by atoms with Crippen LogP contribution in [0.15, 0.2) is 0 Å². The van der Waals surface area contributed by atoms with Crippen molar-refractivity contribution in [1.82, 2.24) is 0 Å². The van der Waals surface area contributed by atoms with Crippen LogP contribution in [0.5, 0.6) is 0 Å². The van der Waals surface area contributed by atoms with Crippen molar-refractivity contribution < 1.29 is 4.43 Å². The molecule has 0 N–H and O–H groups in total. The van der Waals surface area contributed by atoms with Gasteiger partial charge in [0.05, 0.1) is 0 Å². The van der Waals surface area contributed by atoms with Crippen LogP contribution in [0.2, 0.25) is 0 Å². The molecule has 1 fully saturated rings. The molecule has 1 nitrogen and oxygen atoms in total. The zero-order valence-electron chi connectivity index (χ0n) is 14.2. The first-order valence-electron chi connectivity index (χ1n) is 8.35. The van der Waals surface area contributed by atoms with Crippen LogP contribution >= 0.6 is 0 Å². The first-order chi connectivity index (χ1) is 8.86. The lowest BCUT2D eigenvalue weighted by Crippen LogP contribution is -2.43. The van der Waals surface area contributed by atoms with Crippen molar-refractivity contribution in [3.8, 4) is 0 Å². The monoisotopic (exact) mass is 284 g/mol. The van der Waals surface area contributed by atoms with E-state index in [2.05, 4.69) is 34.6 Å². The van der Waals surface area contributed by atoms with E-state index in [0.29, 0.717) is 10.8 Å². The fourth-order valence-electron chi connectivity index (χ4n) is 4.66. The van der Waals surface area contributed by atoms with Crippen LogP contribution in [0.25, 0.3) is 0 Å². The summed E-state index contributed by atoms with van der Waals surface area (Å²) in [7, 11) is 0.884. The van der Waals surface area contributed by atoms with Gasteiger partial charge in [-0.25, -0.2) is 0 Å². The van der Waals surface area contributed by atoms with E-state index in [1.54, 1.807) is 0 Å². The molecule has 1 aliphatic rings. The molecule has 0 aromatic rings. The highest BCUT2D eigenvalue weighted by Crippen LogP contribution is 2.51. The maximum absolute atomic E-state index is 5.67. The molecule has 0 aliphatic heterocycles. The van der Waals surface area contributed by atoms with Gasteiger partial charge in [0.2, 0.25) is 0 Å². The fourth-order valence-corrected chi connectivity index (χ4v) is 5.06. The Labute approximate surface area is 124 Å². The maximum Gasteiger partial charge on any atom is 0.145 e. The SMILES string of the molecule is CCCC(C)(C)C1CCCCCC(CO[SiH3])C1(C)C. The molecule has 0 radical (unpaired) electrons. The quantitative estimate of drug-likeness (QED) is 0.683. The van der Waals surface area contributed by atoms with Gasteiger partial charge in [0.15, 0.2) is 0 Å². The molecule has 0 heterocycles. The lowest BCUT2D eigenvalue weighted by molar-refractivity contribution is -0.0183. The van der Waals surface area contributed by atoms with E-state index in [1.807, 2.05) is 0 Å². The summed E-state index contributed by atoms with van der Waals surface area (Å²) < 4.78 is 5.67. The third-order valence-corrected chi connectivity index (χ3v) is 6.03. The van der Waals surface area contributed by atoms with E-state index < -0.39 is 0 Å². The molecular formula is C17H36OSi. The second-order valence-electron chi connectivity index (χ2n) is 7.90. The number of rotatable bonds is 5. The topological polar surface area (TPSA) is 9.23 Å². The van der Waals surface area contributed by atoms with Crippen LogP contribution in [0.4, 0.5) is 0 Å². The van der Waals surface area contributed by atoms with Crippen molar-refractivity contribution in [2.45, 2.75) is 79.6 Å². The van der Waals surface area contributed by atoms with Gasteiger partial charge in [-0.1, -0.05) is 60.3 Å². The van der Waals surface area contributed by atoms with Crippen molar-refractivity contribution >= 4 is 10.5 Å².